The van der Waals surface area contributed by atoms with Crippen molar-refractivity contribution in [3.8, 4) is 0 Å². The molecule has 1 heterocycles. The van der Waals surface area contributed by atoms with Crippen LogP contribution in [0.15, 0.2) is 0 Å². The zero-order chi connectivity index (χ0) is 12.4. The Hall–Kier alpha value is -1.85. The molecular weight excluding hydrogens is 220 g/mol. The van der Waals surface area contributed by atoms with Gasteiger partial charge in [-0.2, -0.15) is 4.98 Å². The van der Waals surface area contributed by atoms with E-state index in [1.54, 1.807) is 0 Å². The van der Waals surface area contributed by atoms with Crippen molar-refractivity contribution in [2.45, 2.75) is 38.6 Å². The third kappa shape index (κ3) is 3.05. The SMILES string of the molecule is Cc1nc(NC2CC2)nc(N)c1CCC(=O)O. The Kier molecular flexibility index (Phi) is 3.12. The molecule has 1 aliphatic carbocycles. The van der Waals surface area contributed by atoms with Gasteiger partial charge in [-0.05, 0) is 26.2 Å². The summed E-state index contributed by atoms with van der Waals surface area (Å²) in [4.78, 5) is 19.0. The van der Waals surface area contributed by atoms with Crippen molar-refractivity contribution in [1.29, 1.82) is 0 Å². The average molecular weight is 236 g/mol. The summed E-state index contributed by atoms with van der Waals surface area (Å²) in [5.74, 6) is 0.0763. The lowest BCUT2D eigenvalue weighted by Gasteiger charge is -2.10. The maximum absolute atomic E-state index is 10.5. The summed E-state index contributed by atoms with van der Waals surface area (Å²) in [5, 5.41) is 11.8. The van der Waals surface area contributed by atoms with Crippen LogP contribution in [0.1, 0.15) is 30.5 Å². The predicted molar refractivity (Wildman–Crippen MR) is 63.8 cm³/mol. The van der Waals surface area contributed by atoms with Gasteiger partial charge < -0.3 is 16.2 Å². The molecule has 2 rings (SSSR count). The van der Waals surface area contributed by atoms with Crippen molar-refractivity contribution >= 4 is 17.7 Å². The molecule has 0 bridgehead atoms. The summed E-state index contributed by atoms with van der Waals surface area (Å²) >= 11 is 0. The molecule has 0 radical (unpaired) electrons. The van der Waals surface area contributed by atoms with Gasteiger partial charge >= 0.3 is 5.97 Å². The van der Waals surface area contributed by atoms with Gasteiger partial charge in [-0.1, -0.05) is 0 Å². The van der Waals surface area contributed by atoms with Crippen LogP contribution in [-0.2, 0) is 11.2 Å². The van der Waals surface area contributed by atoms with Gasteiger partial charge in [0, 0.05) is 23.7 Å². The van der Waals surface area contributed by atoms with Crippen molar-refractivity contribution in [1.82, 2.24) is 9.97 Å². The van der Waals surface area contributed by atoms with E-state index in [4.69, 9.17) is 10.8 Å². The first kappa shape index (κ1) is 11.6. The number of carboxylic acids is 1. The first-order valence-electron chi connectivity index (χ1n) is 5.67. The van der Waals surface area contributed by atoms with E-state index in [1.165, 1.54) is 0 Å². The van der Waals surface area contributed by atoms with E-state index in [0.29, 0.717) is 24.2 Å². The van der Waals surface area contributed by atoms with E-state index < -0.39 is 5.97 Å². The molecule has 0 spiro atoms. The van der Waals surface area contributed by atoms with Gasteiger partial charge in [-0.3, -0.25) is 4.79 Å². The number of nitrogens with one attached hydrogen (secondary N) is 1. The molecule has 6 nitrogen and oxygen atoms in total. The molecule has 0 aromatic carbocycles. The van der Waals surface area contributed by atoms with E-state index in [-0.39, 0.29) is 6.42 Å². The number of aryl methyl sites for hydroxylation is 1. The minimum Gasteiger partial charge on any atom is -0.481 e. The van der Waals surface area contributed by atoms with Crippen LogP contribution >= 0.6 is 0 Å². The average Bonchev–Trinajstić information content (AvgIpc) is 2.99. The quantitative estimate of drug-likeness (QED) is 0.703. The van der Waals surface area contributed by atoms with Crippen LogP contribution in [0.2, 0.25) is 0 Å². The van der Waals surface area contributed by atoms with Crippen molar-refractivity contribution < 1.29 is 9.90 Å². The first-order chi connectivity index (χ1) is 8.06. The van der Waals surface area contributed by atoms with Gasteiger partial charge in [0.1, 0.15) is 5.82 Å². The van der Waals surface area contributed by atoms with Gasteiger partial charge in [0.15, 0.2) is 0 Å². The van der Waals surface area contributed by atoms with Crippen molar-refractivity contribution in [2.75, 3.05) is 11.1 Å². The number of hydrogen-bond acceptors (Lipinski definition) is 5. The Morgan fingerprint density at radius 1 is 1.53 bits per heavy atom. The highest BCUT2D eigenvalue weighted by Crippen LogP contribution is 2.24. The summed E-state index contributed by atoms with van der Waals surface area (Å²) < 4.78 is 0. The van der Waals surface area contributed by atoms with Crippen LogP contribution < -0.4 is 11.1 Å². The molecule has 0 saturated heterocycles. The topological polar surface area (TPSA) is 101 Å². The van der Waals surface area contributed by atoms with Crippen molar-refractivity contribution in [2.24, 2.45) is 0 Å². The molecule has 1 saturated carbocycles. The van der Waals surface area contributed by atoms with Gasteiger partial charge in [0.25, 0.3) is 0 Å². The van der Waals surface area contributed by atoms with Crippen LogP contribution in [0.5, 0.6) is 0 Å². The number of aromatic nitrogens is 2. The summed E-state index contributed by atoms with van der Waals surface area (Å²) in [5.41, 5.74) is 7.30. The Morgan fingerprint density at radius 2 is 2.24 bits per heavy atom. The highest BCUT2D eigenvalue weighted by Gasteiger charge is 2.22. The van der Waals surface area contributed by atoms with Crippen molar-refractivity contribution in [3.05, 3.63) is 11.3 Å². The van der Waals surface area contributed by atoms with E-state index in [0.717, 1.165) is 24.1 Å². The zero-order valence-electron chi connectivity index (χ0n) is 9.73. The molecule has 0 amide bonds. The molecule has 1 aliphatic rings. The minimum atomic E-state index is -0.844. The summed E-state index contributed by atoms with van der Waals surface area (Å²) in [7, 11) is 0. The number of hydrogen-bond donors (Lipinski definition) is 3. The zero-order valence-corrected chi connectivity index (χ0v) is 9.73. The Bertz CT molecular complexity index is 420. The number of carboxylic acid groups (broad SMARTS) is 1. The smallest absolute Gasteiger partial charge is 0.303 e. The molecule has 1 aromatic rings. The lowest BCUT2D eigenvalue weighted by Crippen LogP contribution is -2.11. The molecule has 0 unspecified atom stereocenters. The van der Waals surface area contributed by atoms with E-state index in [9.17, 15) is 4.79 Å². The van der Waals surface area contributed by atoms with Gasteiger partial charge in [0.2, 0.25) is 5.95 Å². The molecule has 6 heteroatoms. The van der Waals surface area contributed by atoms with E-state index in [2.05, 4.69) is 15.3 Å². The molecule has 0 atom stereocenters. The van der Waals surface area contributed by atoms with Gasteiger partial charge in [-0.25, -0.2) is 4.98 Å². The second-order valence-corrected chi connectivity index (χ2v) is 4.31. The maximum Gasteiger partial charge on any atom is 0.303 e. The maximum atomic E-state index is 10.5. The normalized spacial score (nSPS) is 14.6. The fourth-order valence-corrected chi connectivity index (χ4v) is 1.63. The minimum absolute atomic E-state index is 0.0454. The molecule has 1 fully saturated rings. The van der Waals surface area contributed by atoms with Crippen LogP contribution in [0, 0.1) is 6.92 Å². The monoisotopic (exact) mass is 236 g/mol. The predicted octanol–water partition coefficient (Wildman–Crippen LogP) is 0.959. The van der Waals surface area contributed by atoms with Crippen LogP contribution in [0.25, 0.3) is 0 Å². The second kappa shape index (κ2) is 4.57. The fourth-order valence-electron chi connectivity index (χ4n) is 1.63. The Morgan fingerprint density at radius 3 is 2.76 bits per heavy atom. The van der Waals surface area contributed by atoms with Gasteiger partial charge in [0.05, 0.1) is 0 Å². The van der Waals surface area contributed by atoms with Gasteiger partial charge in [-0.15, -0.1) is 0 Å². The molecule has 92 valence electrons. The van der Waals surface area contributed by atoms with Crippen molar-refractivity contribution in [3.63, 3.8) is 0 Å². The number of nitrogens with two attached hydrogens (primary N) is 1. The molecule has 1 aromatic heterocycles. The van der Waals surface area contributed by atoms with Crippen LogP contribution in [0.4, 0.5) is 11.8 Å². The third-order valence-corrected chi connectivity index (χ3v) is 2.75. The number of nitrogens with zero attached hydrogens (tertiary/aromatic N) is 2. The summed E-state index contributed by atoms with van der Waals surface area (Å²) in [6, 6.07) is 0.471. The number of carbonyl (C=O) groups is 1. The summed E-state index contributed by atoms with van der Waals surface area (Å²) in [6.45, 7) is 1.83. The number of anilines is 2. The highest BCUT2D eigenvalue weighted by atomic mass is 16.4. The molecule has 17 heavy (non-hydrogen) atoms. The largest absolute Gasteiger partial charge is 0.481 e. The number of aliphatic carboxylic acids is 1. The fraction of sp³-hybridized carbons (Fsp3) is 0.545. The highest BCUT2D eigenvalue weighted by molar-refractivity contribution is 5.67. The lowest BCUT2D eigenvalue weighted by atomic mass is 10.1. The third-order valence-electron chi connectivity index (χ3n) is 2.75. The molecular formula is C11H16N4O2. The van der Waals surface area contributed by atoms with E-state index in [1.807, 2.05) is 6.92 Å². The van der Waals surface area contributed by atoms with E-state index >= 15 is 0 Å². The number of rotatable bonds is 5. The molecule has 4 N–H and O–H groups in total. The Balaban J connectivity index is 2.12. The second-order valence-electron chi connectivity index (χ2n) is 4.31. The lowest BCUT2D eigenvalue weighted by molar-refractivity contribution is -0.136. The Labute approximate surface area is 99.3 Å². The number of nitrogen functional groups attached to an aromatic ring is 1. The summed E-state index contributed by atoms with van der Waals surface area (Å²) in [6.07, 6.45) is 2.70. The molecule has 0 aliphatic heterocycles. The first-order valence-corrected chi connectivity index (χ1v) is 5.67. The van der Waals surface area contributed by atoms with Crippen LogP contribution in [0.3, 0.4) is 0 Å². The van der Waals surface area contributed by atoms with Crippen LogP contribution in [-0.4, -0.2) is 27.1 Å². The standard InChI is InChI=1S/C11H16N4O2/c1-6-8(4-5-9(16)17)10(12)15-11(13-6)14-7-2-3-7/h7H,2-5H2,1H3,(H,16,17)(H3,12,13,14,15).